The largest absolute Gasteiger partial charge is 0.211 e. The molecule has 0 saturated heterocycles. The van der Waals surface area contributed by atoms with E-state index in [1.54, 1.807) is 0 Å². The molecule has 2 N–H and O–H groups in total. The average Bonchev–Trinajstić information content (AvgIpc) is 0.918. The predicted octanol–water partition coefficient (Wildman–Crippen LogP) is 0.113. The molecule has 18 valence electrons. The van der Waals surface area contributed by atoms with E-state index < -0.39 is 0 Å². The van der Waals surface area contributed by atoms with Gasteiger partial charge in [0.2, 0.25) is 4.91 Å². The Kier molecular flexibility index (Phi) is 23.4. The van der Waals surface area contributed by atoms with Gasteiger partial charge in [-0.2, -0.15) is 0 Å². The Balaban J connectivity index is 0. The predicted molar refractivity (Wildman–Crippen MR) is 7.57 cm³/mol. The summed E-state index contributed by atoms with van der Waals surface area (Å²) < 4.78 is 0. The molecule has 0 aliphatic rings. The zero-order chi connectivity index (χ0) is 2.71. The topological polar surface area (TPSA) is 61.8 Å². The van der Waals surface area contributed by atoms with Crippen molar-refractivity contribution in [1.82, 2.24) is 4.91 Å². The summed E-state index contributed by atoms with van der Waals surface area (Å²) in [5.41, 5.74) is 11.0. The first-order valence-corrected chi connectivity index (χ1v) is 0.447. The molecule has 0 aromatic carbocycles. The van der Waals surface area contributed by atoms with Crippen LogP contribution < -0.4 is 4.91 Å². The summed E-state index contributed by atoms with van der Waals surface area (Å²) in [4.78, 5) is 2.00. The zero-order valence-corrected chi connectivity index (χ0v) is 7.65. The molecule has 0 saturated carbocycles. The fraction of sp³-hybridized carbons (Fsp3) is 0. The van der Waals surface area contributed by atoms with Gasteiger partial charge in [-0.1, -0.05) is 0 Å². The first-order chi connectivity index (χ1) is 1.41. The minimum atomic E-state index is 0. The number of rotatable bonds is 0. The zero-order valence-electron chi connectivity index (χ0n) is 2.15. The van der Waals surface area contributed by atoms with Crippen molar-refractivity contribution < 1.29 is 27.7 Å². The number of nitrogens with zero attached hydrogens (tertiary/aromatic N) is 1. The van der Waals surface area contributed by atoms with Gasteiger partial charge in [-0.25, -0.2) is 0 Å². The number of hydrogen-bond acceptors (Lipinski definition) is 2. The monoisotopic (exact) mass is 246 g/mol. The van der Waals surface area contributed by atoms with Gasteiger partial charge in [-0.05, 0) is 0 Å². The van der Waals surface area contributed by atoms with Crippen LogP contribution in [0.3, 0.4) is 0 Å². The summed E-state index contributed by atoms with van der Waals surface area (Å²) in [7, 11) is 0. The van der Waals surface area contributed by atoms with E-state index in [0.29, 0.717) is 0 Å². The minimum absolute atomic E-state index is 0. The second kappa shape index (κ2) is 10.6. The molecule has 0 rings (SSSR count). The van der Waals surface area contributed by atoms with Gasteiger partial charge in [0.1, 0.15) is 11.1 Å². The third kappa shape index (κ3) is 57.9. The van der Waals surface area contributed by atoms with Gasteiger partial charge < -0.3 is 0 Å². The van der Waals surface area contributed by atoms with E-state index in [2.05, 4.69) is 0 Å². The number of hydrogen-bond donors (Lipinski definition) is 2. The van der Waals surface area contributed by atoms with Crippen molar-refractivity contribution in [3.8, 4) is 0 Å². The van der Waals surface area contributed by atoms with Crippen LogP contribution >= 0.6 is 0 Å². The molecule has 3 nitrogen and oxygen atoms in total. The van der Waals surface area contributed by atoms with Crippen molar-refractivity contribution in [1.29, 1.82) is 11.1 Å². The Bertz CT molecular complexity index is 24.3. The van der Waals surface area contributed by atoms with Crippen molar-refractivity contribution in [2.24, 2.45) is 0 Å². The summed E-state index contributed by atoms with van der Waals surface area (Å²) in [6.45, 7) is 0. The number of nitrogens with one attached hydrogen (secondary N) is 2. The summed E-state index contributed by atoms with van der Waals surface area (Å²) in [5.74, 6) is 0. The maximum atomic E-state index is 5.50. The van der Waals surface area contributed by atoms with Gasteiger partial charge in [-0.3, -0.25) is 0 Å². The van der Waals surface area contributed by atoms with Crippen molar-refractivity contribution >= 4 is 0 Å². The van der Waals surface area contributed by atoms with Gasteiger partial charge in [-0.15, -0.1) is 0 Å². The van der Waals surface area contributed by atoms with E-state index in [0.717, 1.165) is 0 Å². The SMILES string of the molecule is N=[N+]=N.[Hg]. The van der Waals surface area contributed by atoms with E-state index >= 15 is 0 Å². The smallest absolute Gasteiger partial charge is 0 e. The Morgan fingerprint density at radius 1 is 1.25 bits per heavy atom. The molecule has 0 spiro atoms. The molecule has 0 amide bonds. The molecular formula is H2HgN3+. The van der Waals surface area contributed by atoms with E-state index in [9.17, 15) is 0 Å². The fourth-order valence-corrected chi connectivity index (χ4v) is 0. The summed E-state index contributed by atoms with van der Waals surface area (Å²) >= 11 is 0. The molecule has 0 radical (unpaired) electrons. The molecule has 0 unspecified atom stereocenters. The molecule has 0 aromatic heterocycles. The first kappa shape index (κ1) is 8.87. The fourth-order valence-electron chi connectivity index (χ4n) is 0. The van der Waals surface area contributed by atoms with Crippen molar-refractivity contribution in [2.45, 2.75) is 0 Å². The molecule has 0 aliphatic carbocycles. The molecule has 0 fully saturated rings. The van der Waals surface area contributed by atoms with Gasteiger partial charge in [0.25, 0.3) is 0 Å². The van der Waals surface area contributed by atoms with Gasteiger partial charge in [0.05, 0.1) is 0 Å². The molecule has 0 bridgehead atoms. The van der Waals surface area contributed by atoms with Crippen LogP contribution in [0.4, 0.5) is 0 Å². The molecular weight excluding hydrogens is 243 g/mol. The van der Waals surface area contributed by atoms with Crippen LogP contribution in [0.15, 0.2) is 0 Å². The molecule has 4 heavy (non-hydrogen) atoms. The summed E-state index contributed by atoms with van der Waals surface area (Å²) in [6.07, 6.45) is 0. The Morgan fingerprint density at radius 2 is 1.25 bits per heavy atom. The normalized spacial score (nSPS) is 2.00. The summed E-state index contributed by atoms with van der Waals surface area (Å²) in [6, 6.07) is 0. The quantitative estimate of drug-likeness (QED) is 0.345. The van der Waals surface area contributed by atoms with Crippen LogP contribution in [0.1, 0.15) is 0 Å². The Morgan fingerprint density at radius 3 is 1.25 bits per heavy atom. The van der Waals surface area contributed by atoms with E-state index in [1.807, 2.05) is 4.91 Å². The Labute approximate surface area is 43.9 Å². The maximum absolute atomic E-state index is 5.50. The third-order valence-electron chi connectivity index (χ3n) is 0. The van der Waals surface area contributed by atoms with Crippen LogP contribution in [0.2, 0.25) is 0 Å². The summed E-state index contributed by atoms with van der Waals surface area (Å²) in [5, 5.41) is 0. The average molecular weight is 245 g/mol. The van der Waals surface area contributed by atoms with E-state index in [1.165, 1.54) is 0 Å². The minimum Gasteiger partial charge on any atom is 0 e. The van der Waals surface area contributed by atoms with E-state index in [-0.39, 0.29) is 27.7 Å². The van der Waals surface area contributed by atoms with Gasteiger partial charge in [0.15, 0.2) is 0 Å². The first-order valence-electron chi connectivity index (χ1n) is 0.447. The maximum Gasteiger partial charge on any atom is 0.211 e. The van der Waals surface area contributed by atoms with Crippen LogP contribution in [-0.4, -0.2) is 0 Å². The second-order valence-electron chi connectivity index (χ2n) is 0.112. The molecule has 0 aromatic rings. The van der Waals surface area contributed by atoms with Crippen molar-refractivity contribution in [3.05, 3.63) is 0 Å². The Hall–Kier alpha value is 0.245. The van der Waals surface area contributed by atoms with E-state index in [4.69, 9.17) is 11.1 Å². The molecule has 0 aliphatic heterocycles. The van der Waals surface area contributed by atoms with Gasteiger partial charge >= 0.3 is 0 Å². The molecule has 0 heterocycles. The van der Waals surface area contributed by atoms with Crippen molar-refractivity contribution in [3.63, 3.8) is 0 Å². The molecule has 0 atom stereocenters. The second-order valence-corrected chi connectivity index (χ2v) is 0.112. The third-order valence-corrected chi connectivity index (χ3v) is 0. The van der Waals surface area contributed by atoms with Gasteiger partial charge in [0, 0.05) is 27.7 Å². The van der Waals surface area contributed by atoms with Crippen molar-refractivity contribution in [2.75, 3.05) is 0 Å². The van der Waals surface area contributed by atoms with Crippen LogP contribution in [-0.2, 0) is 27.7 Å². The standard InChI is InChI=1S/Hg.H2N3/c;1-3-2/h;1-2H/q;+1. The van der Waals surface area contributed by atoms with Crippen LogP contribution in [0.25, 0.3) is 0 Å². The van der Waals surface area contributed by atoms with Crippen LogP contribution in [0, 0.1) is 11.1 Å². The molecule has 4 heteroatoms. The van der Waals surface area contributed by atoms with Crippen LogP contribution in [0.5, 0.6) is 0 Å².